The number of hydrogen-bond donors (Lipinski definition) is 1. The molecular weight excluding hydrogens is 388 g/mol. The van der Waals surface area contributed by atoms with Crippen LogP contribution in [0, 0.1) is 0 Å². The summed E-state index contributed by atoms with van der Waals surface area (Å²) in [5.41, 5.74) is 1.44. The Labute approximate surface area is 175 Å². The van der Waals surface area contributed by atoms with Gasteiger partial charge < -0.3 is 19.7 Å². The van der Waals surface area contributed by atoms with Gasteiger partial charge in [-0.1, -0.05) is 30.3 Å². The van der Waals surface area contributed by atoms with Gasteiger partial charge in [0.05, 0.1) is 14.2 Å². The van der Waals surface area contributed by atoms with Crippen LogP contribution in [0.1, 0.15) is 35.1 Å². The van der Waals surface area contributed by atoms with Crippen molar-refractivity contribution in [2.75, 3.05) is 20.0 Å². The lowest BCUT2D eigenvalue weighted by Gasteiger charge is -2.29. The number of benzene rings is 2. The maximum atomic E-state index is 13.5. The number of carbonyl (C=O) groups excluding carboxylic acids is 2. The quantitative estimate of drug-likeness (QED) is 0.784. The zero-order valence-electron chi connectivity index (χ0n) is 17.0. The Morgan fingerprint density at radius 1 is 1.07 bits per heavy atom. The van der Waals surface area contributed by atoms with Crippen LogP contribution < -0.4 is 14.8 Å². The summed E-state index contributed by atoms with van der Waals surface area (Å²) >= 11 is 1.60. The molecule has 2 amide bonds. The minimum absolute atomic E-state index is 0.00121. The third kappa shape index (κ3) is 4.50. The molecule has 6 nitrogen and oxygen atoms in total. The van der Waals surface area contributed by atoms with Gasteiger partial charge in [0.15, 0.2) is 11.5 Å². The monoisotopic (exact) mass is 414 g/mol. The Hall–Kier alpha value is -2.67. The third-order valence-electron chi connectivity index (χ3n) is 4.68. The highest BCUT2D eigenvalue weighted by Gasteiger charge is 2.42. The molecule has 1 saturated heterocycles. The second-order valence-corrected chi connectivity index (χ2v) is 8.17. The first-order valence-electron chi connectivity index (χ1n) is 9.48. The Bertz CT molecular complexity index is 872. The van der Waals surface area contributed by atoms with Crippen molar-refractivity contribution in [1.82, 2.24) is 10.2 Å². The van der Waals surface area contributed by atoms with Crippen molar-refractivity contribution < 1.29 is 19.1 Å². The van der Waals surface area contributed by atoms with E-state index in [2.05, 4.69) is 5.32 Å². The van der Waals surface area contributed by atoms with Crippen molar-refractivity contribution in [3.63, 3.8) is 0 Å². The molecule has 7 heteroatoms. The Balaban J connectivity index is 1.98. The molecule has 0 aromatic heterocycles. The maximum Gasteiger partial charge on any atom is 0.255 e. The van der Waals surface area contributed by atoms with E-state index in [1.165, 1.54) is 7.11 Å². The average molecular weight is 415 g/mol. The van der Waals surface area contributed by atoms with E-state index in [-0.39, 0.29) is 23.2 Å². The van der Waals surface area contributed by atoms with Crippen molar-refractivity contribution in [2.45, 2.75) is 31.3 Å². The van der Waals surface area contributed by atoms with Crippen LogP contribution in [0.2, 0.25) is 0 Å². The van der Waals surface area contributed by atoms with Crippen molar-refractivity contribution in [1.29, 1.82) is 0 Å². The zero-order valence-corrected chi connectivity index (χ0v) is 17.9. The summed E-state index contributed by atoms with van der Waals surface area (Å²) in [4.78, 5) is 28.1. The van der Waals surface area contributed by atoms with E-state index in [1.54, 1.807) is 42.0 Å². The summed E-state index contributed by atoms with van der Waals surface area (Å²) in [5.74, 6) is 1.21. The van der Waals surface area contributed by atoms with E-state index in [0.717, 1.165) is 5.56 Å². The summed E-state index contributed by atoms with van der Waals surface area (Å²) in [7, 11) is 3.08. The second-order valence-electron chi connectivity index (χ2n) is 7.06. The predicted molar refractivity (Wildman–Crippen MR) is 114 cm³/mol. The van der Waals surface area contributed by atoms with Gasteiger partial charge in [0.1, 0.15) is 11.4 Å². The molecule has 2 unspecified atom stereocenters. The number of carbonyl (C=O) groups is 2. The number of thioether (sulfide) groups is 1. The van der Waals surface area contributed by atoms with E-state index in [0.29, 0.717) is 22.8 Å². The van der Waals surface area contributed by atoms with Crippen LogP contribution in [-0.4, -0.2) is 48.8 Å². The van der Waals surface area contributed by atoms with Crippen LogP contribution in [-0.2, 0) is 4.79 Å². The molecule has 0 aliphatic carbocycles. The van der Waals surface area contributed by atoms with Crippen molar-refractivity contribution in [3.05, 3.63) is 59.7 Å². The minimum atomic E-state index is -0.548. The lowest BCUT2D eigenvalue weighted by molar-refractivity contribution is -0.125. The highest BCUT2D eigenvalue weighted by Crippen LogP contribution is 2.42. The van der Waals surface area contributed by atoms with Crippen LogP contribution in [0.3, 0.4) is 0 Å². The molecule has 2 aromatic rings. The molecule has 1 N–H and O–H groups in total. The van der Waals surface area contributed by atoms with Gasteiger partial charge in [-0.3, -0.25) is 9.59 Å². The molecule has 154 valence electrons. The first kappa shape index (κ1) is 21.0. The molecule has 2 atom stereocenters. The molecule has 1 aliphatic heterocycles. The van der Waals surface area contributed by atoms with Crippen LogP contribution >= 0.6 is 11.8 Å². The summed E-state index contributed by atoms with van der Waals surface area (Å²) in [6.45, 7) is 3.82. The summed E-state index contributed by atoms with van der Waals surface area (Å²) < 4.78 is 10.6. The van der Waals surface area contributed by atoms with Gasteiger partial charge >= 0.3 is 0 Å². The Morgan fingerprint density at radius 3 is 2.38 bits per heavy atom. The Kier molecular flexibility index (Phi) is 6.69. The molecule has 1 fully saturated rings. The third-order valence-corrected chi connectivity index (χ3v) is 6.01. The molecule has 0 spiro atoms. The van der Waals surface area contributed by atoms with Crippen molar-refractivity contribution in [3.8, 4) is 11.5 Å². The molecule has 29 heavy (non-hydrogen) atoms. The molecule has 1 aliphatic rings. The summed E-state index contributed by atoms with van der Waals surface area (Å²) in [5, 5.41) is 2.71. The first-order chi connectivity index (χ1) is 14.0. The topological polar surface area (TPSA) is 67.9 Å². The molecule has 0 radical (unpaired) electrons. The standard InChI is InChI=1S/C22H26N2O4S/c1-14(2)23-20(25)17-13-29-22(15-8-6-5-7-9-15)24(17)21(26)16-10-11-18(27-3)19(12-16)28-4/h5-12,14,17,22H,13H2,1-4H3,(H,23,25). The van der Waals surface area contributed by atoms with E-state index < -0.39 is 6.04 Å². The summed E-state index contributed by atoms with van der Waals surface area (Å²) in [6.07, 6.45) is 0. The van der Waals surface area contributed by atoms with E-state index >= 15 is 0 Å². The normalized spacial score (nSPS) is 18.6. The predicted octanol–water partition coefficient (Wildman–Crippen LogP) is 3.48. The molecule has 1 heterocycles. The first-order valence-corrected chi connectivity index (χ1v) is 10.5. The van der Waals surface area contributed by atoms with Crippen LogP contribution in [0.5, 0.6) is 11.5 Å². The van der Waals surface area contributed by atoms with Gasteiger partial charge in [-0.2, -0.15) is 0 Å². The van der Waals surface area contributed by atoms with Gasteiger partial charge in [0.2, 0.25) is 5.91 Å². The van der Waals surface area contributed by atoms with Crippen LogP contribution in [0.4, 0.5) is 0 Å². The Morgan fingerprint density at radius 2 is 1.76 bits per heavy atom. The van der Waals surface area contributed by atoms with Gasteiger partial charge in [-0.25, -0.2) is 0 Å². The molecule has 3 rings (SSSR count). The minimum Gasteiger partial charge on any atom is -0.493 e. The second kappa shape index (κ2) is 9.22. The zero-order chi connectivity index (χ0) is 21.0. The van der Waals surface area contributed by atoms with Gasteiger partial charge in [0.25, 0.3) is 5.91 Å². The number of rotatable bonds is 6. The molecule has 2 aromatic carbocycles. The highest BCUT2D eigenvalue weighted by molar-refractivity contribution is 7.99. The lowest BCUT2D eigenvalue weighted by Crippen LogP contribution is -2.49. The average Bonchev–Trinajstić information content (AvgIpc) is 3.18. The van der Waals surface area contributed by atoms with Gasteiger partial charge in [-0.15, -0.1) is 11.8 Å². The summed E-state index contributed by atoms with van der Waals surface area (Å²) in [6, 6.07) is 14.3. The number of methoxy groups -OCH3 is 2. The largest absolute Gasteiger partial charge is 0.493 e. The number of nitrogens with one attached hydrogen (secondary N) is 1. The number of nitrogens with zero attached hydrogens (tertiary/aromatic N) is 1. The van der Waals surface area contributed by atoms with E-state index in [9.17, 15) is 9.59 Å². The van der Waals surface area contributed by atoms with E-state index in [4.69, 9.17) is 9.47 Å². The SMILES string of the molecule is COc1ccc(C(=O)N2C(C(=O)NC(C)C)CSC2c2ccccc2)cc1OC. The van der Waals surface area contributed by atoms with E-state index in [1.807, 2.05) is 44.2 Å². The van der Waals surface area contributed by atoms with Gasteiger partial charge in [-0.05, 0) is 37.6 Å². The fourth-order valence-electron chi connectivity index (χ4n) is 3.33. The fraction of sp³-hybridized carbons (Fsp3) is 0.364. The molecule has 0 saturated carbocycles. The molecule has 0 bridgehead atoms. The van der Waals surface area contributed by atoms with Crippen molar-refractivity contribution in [2.24, 2.45) is 0 Å². The maximum absolute atomic E-state index is 13.5. The van der Waals surface area contributed by atoms with Crippen molar-refractivity contribution >= 4 is 23.6 Å². The highest BCUT2D eigenvalue weighted by atomic mass is 32.2. The lowest BCUT2D eigenvalue weighted by atomic mass is 10.1. The van der Waals surface area contributed by atoms with Crippen LogP contribution in [0.15, 0.2) is 48.5 Å². The van der Waals surface area contributed by atoms with Crippen LogP contribution in [0.25, 0.3) is 0 Å². The number of ether oxygens (including phenoxy) is 2. The smallest absolute Gasteiger partial charge is 0.255 e. The molecular formula is C22H26N2O4S. The fourth-order valence-corrected chi connectivity index (χ4v) is 4.76. The number of amides is 2. The van der Waals surface area contributed by atoms with Gasteiger partial charge in [0, 0.05) is 17.4 Å². The number of hydrogen-bond acceptors (Lipinski definition) is 5.